The highest BCUT2D eigenvalue weighted by Gasteiger charge is 2.16. The first-order valence-electron chi connectivity index (χ1n) is 9.54. The summed E-state index contributed by atoms with van der Waals surface area (Å²) in [5.74, 6) is 0.262. The van der Waals surface area contributed by atoms with Gasteiger partial charge >= 0.3 is 6.61 Å². The van der Waals surface area contributed by atoms with Crippen molar-refractivity contribution < 1.29 is 23.0 Å². The van der Waals surface area contributed by atoms with E-state index >= 15 is 0 Å². The van der Waals surface area contributed by atoms with Crippen LogP contribution in [0.5, 0.6) is 11.5 Å². The van der Waals surface area contributed by atoms with Crippen LogP contribution in [-0.2, 0) is 0 Å². The van der Waals surface area contributed by atoms with E-state index in [-0.39, 0.29) is 11.7 Å². The van der Waals surface area contributed by atoms with Crippen LogP contribution < -0.4 is 14.8 Å². The van der Waals surface area contributed by atoms with Gasteiger partial charge in [0, 0.05) is 17.0 Å². The van der Waals surface area contributed by atoms with Crippen molar-refractivity contribution in [2.75, 3.05) is 32.6 Å². The molecule has 2 aromatic carbocycles. The van der Waals surface area contributed by atoms with Gasteiger partial charge in [0.25, 0.3) is 5.91 Å². The number of para-hydroxylation sites is 1. The van der Waals surface area contributed by atoms with Gasteiger partial charge in [0.1, 0.15) is 18.1 Å². The molecule has 0 aliphatic heterocycles. The number of ether oxygens (including phenoxy) is 2. The van der Waals surface area contributed by atoms with Crippen LogP contribution in [0.1, 0.15) is 15.2 Å². The van der Waals surface area contributed by atoms with Gasteiger partial charge in [-0.3, -0.25) is 10.1 Å². The number of nitrogens with one attached hydrogen (secondary N) is 1. The Kier molecular flexibility index (Phi) is 7.54. The molecule has 0 atom stereocenters. The molecule has 6 nitrogen and oxygen atoms in total. The van der Waals surface area contributed by atoms with E-state index in [0.29, 0.717) is 28.7 Å². The molecule has 0 fully saturated rings. The zero-order chi connectivity index (χ0) is 22.4. The molecule has 0 spiro atoms. The van der Waals surface area contributed by atoms with E-state index in [0.717, 1.165) is 17.0 Å². The Balaban J connectivity index is 1.72. The molecule has 3 aromatic rings. The van der Waals surface area contributed by atoms with E-state index in [9.17, 15) is 13.6 Å². The smallest absolute Gasteiger partial charge is 0.387 e. The SMILES string of the molecule is Cc1sc(NC(=O)c2ccccc2OCCN(C)C)nc1-c1ccc(OC(F)F)cc1. The lowest BCUT2D eigenvalue weighted by atomic mass is 10.1. The van der Waals surface area contributed by atoms with Gasteiger partial charge in [-0.15, -0.1) is 11.3 Å². The molecule has 0 unspecified atom stereocenters. The molecule has 3 rings (SSSR count). The van der Waals surface area contributed by atoms with E-state index < -0.39 is 6.61 Å². The fourth-order valence-corrected chi connectivity index (χ4v) is 3.63. The molecule has 31 heavy (non-hydrogen) atoms. The number of carbonyl (C=O) groups is 1. The topological polar surface area (TPSA) is 63.7 Å². The summed E-state index contributed by atoms with van der Waals surface area (Å²) in [6, 6.07) is 13.3. The van der Waals surface area contributed by atoms with Crippen molar-refractivity contribution in [3.63, 3.8) is 0 Å². The highest BCUT2D eigenvalue weighted by Crippen LogP contribution is 2.32. The van der Waals surface area contributed by atoms with Crippen LogP contribution >= 0.6 is 11.3 Å². The fourth-order valence-electron chi connectivity index (χ4n) is 2.79. The second kappa shape index (κ2) is 10.3. The first-order chi connectivity index (χ1) is 14.8. The standard InChI is InChI=1S/C22H23F2N3O3S/c1-14-19(15-8-10-16(11-9-15)30-21(23)24)25-22(31-14)26-20(28)17-6-4-5-7-18(17)29-13-12-27(2)3/h4-11,21H,12-13H2,1-3H3,(H,25,26,28). The van der Waals surface area contributed by atoms with Crippen molar-refractivity contribution in [1.29, 1.82) is 0 Å². The van der Waals surface area contributed by atoms with Gasteiger partial charge in [-0.05, 0) is 57.4 Å². The van der Waals surface area contributed by atoms with Crippen LogP contribution in [-0.4, -0.2) is 49.6 Å². The van der Waals surface area contributed by atoms with E-state index in [4.69, 9.17) is 4.74 Å². The molecule has 1 N–H and O–H groups in total. The van der Waals surface area contributed by atoms with Crippen molar-refractivity contribution >= 4 is 22.4 Å². The van der Waals surface area contributed by atoms with Gasteiger partial charge in [-0.2, -0.15) is 8.78 Å². The predicted molar refractivity (Wildman–Crippen MR) is 117 cm³/mol. The van der Waals surface area contributed by atoms with Gasteiger partial charge < -0.3 is 14.4 Å². The minimum atomic E-state index is -2.87. The van der Waals surface area contributed by atoms with Crippen molar-refractivity contribution in [1.82, 2.24) is 9.88 Å². The van der Waals surface area contributed by atoms with E-state index in [2.05, 4.69) is 15.0 Å². The number of hydrogen-bond acceptors (Lipinski definition) is 6. The van der Waals surface area contributed by atoms with Crippen LogP contribution in [0.4, 0.5) is 13.9 Å². The van der Waals surface area contributed by atoms with Crippen molar-refractivity contribution in [3.8, 4) is 22.8 Å². The van der Waals surface area contributed by atoms with Crippen molar-refractivity contribution in [3.05, 3.63) is 59.0 Å². The summed E-state index contributed by atoms with van der Waals surface area (Å²) >= 11 is 1.33. The first-order valence-corrected chi connectivity index (χ1v) is 10.4. The minimum absolute atomic E-state index is 0.0750. The maximum absolute atomic E-state index is 12.8. The zero-order valence-corrected chi connectivity index (χ0v) is 18.2. The zero-order valence-electron chi connectivity index (χ0n) is 17.4. The maximum Gasteiger partial charge on any atom is 0.387 e. The molecule has 9 heteroatoms. The predicted octanol–water partition coefficient (Wildman–Crippen LogP) is 4.91. The number of aryl methyl sites for hydroxylation is 1. The summed E-state index contributed by atoms with van der Waals surface area (Å²) in [6.07, 6.45) is 0. The molecule has 0 aliphatic rings. The van der Waals surface area contributed by atoms with Gasteiger partial charge in [0.05, 0.1) is 11.3 Å². The molecule has 0 bridgehead atoms. The van der Waals surface area contributed by atoms with Crippen LogP contribution in [0.2, 0.25) is 0 Å². The Bertz CT molecular complexity index is 1020. The van der Waals surface area contributed by atoms with E-state index in [1.165, 1.54) is 23.5 Å². The second-order valence-corrected chi connectivity index (χ2v) is 8.13. The largest absolute Gasteiger partial charge is 0.491 e. The molecule has 164 valence electrons. The van der Waals surface area contributed by atoms with Crippen LogP contribution in [0.15, 0.2) is 48.5 Å². The van der Waals surface area contributed by atoms with E-state index in [1.54, 1.807) is 30.3 Å². The molecule has 0 aliphatic carbocycles. The molecule has 1 heterocycles. The minimum Gasteiger partial charge on any atom is -0.491 e. The normalized spacial score (nSPS) is 11.1. The number of aromatic nitrogens is 1. The van der Waals surface area contributed by atoms with Crippen LogP contribution in [0.3, 0.4) is 0 Å². The Morgan fingerprint density at radius 1 is 1.16 bits per heavy atom. The number of anilines is 1. The Labute approximate surface area is 183 Å². The fraction of sp³-hybridized carbons (Fsp3) is 0.273. The highest BCUT2D eigenvalue weighted by atomic mass is 32.1. The maximum atomic E-state index is 12.8. The van der Waals surface area contributed by atoms with Crippen molar-refractivity contribution in [2.24, 2.45) is 0 Å². The number of alkyl halides is 2. The summed E-state index contributed by atoms with van der Waals surface area (Å²) in [5, 5.41) is 3.26. The molecule has 0 saturated carbocycles. The van der Waals surface area contributed by atoms with Gasteiger partial charge in [-0.25, -0.2) is 4.98 Å². The molecule has 1 aromatic heterocycles. The number of benzene rings is 2. The molecule has 0 saturated heterocycles. The highest BCUT2D eigenvalue weighted by molar-refractivity contribution is 7.16. The van der Waals surface area contributed by atoms with Crippen molar-refractivity contribution in [2.45, 2.75) is 13.5 Å². The van der Waals surface area contributed by atoms with E-state index in [1.807, 2.05) is 32.0 Å². The average Bonchev–Trinajstić information content (AvgIpc) is 3.08. The third-order valence-electron chi connectivity index (χ3n) is 4.30. The summed E-state index contributed by atoms with van der Waals surface area (Å²) in [5.41, 5.74) is 1.83. The summed E-state index contributed by atoms with van der Waals surface area (Å²) in [6.45, 7) is 0.197. The van der Waals surface area contributed by atoms with Gasteiger partial charge in [0.15, 0.2) is 5.13 Å². The number of thiazole rings is 1. The van der Waals surface area contributed by atoms with Crippen LogP contribution in [0.25, 0.3) is 11.3 Å². The lowest BCUT2D eigenvalue weighted by Crippen LogP contribution is -2.20. The number of nitrogens with zero attached hydrogens (tertiary/aromatic N) is 2. The Morgan fingerprint density at radius 2 is 1.87 bits per heavy atom. The third kappa shape index (κ3) is 6.22. The number of amides is 1. The lowest BCUT2D eigenvalue weighted by Gasteiger charge is -2.13. The summed E-state index contributed by atoms with van der Waals surface area (Å²) in [7, 11) is 3.90. The number of rotatable bonds is 9. The number of halogens is 2. The molecule has 0 radical (unpaired) electrons. The monoisotopic (exact) mass is 447 g/mol. The quantitative estimate of drug-likeness (QED) is 0.505. The van der Waals surface area contributed by atoms with Crippen LogP contribution in [0, 0.1) is 6.92 Å². The van der Waals surface area contributed by atoms with Gasteiger partial charge in [-0.1, -0.05) is 12.1 Å². The number of carbonyl (C=O) groups excluding carboxylic acids is 1. The summed E-state index contributed by atoms with van der Waals surface area (Å²) in [4.78, 5) is 20.2. The molecular weight excluding hydrogens is 424 g/mol. The first kappa shape index (κ1) is 22.6. The Morgan fingerprint density at radius 3 is 2.55 bits per heavy atom. The van der Waals surface area contributed by atoms with Gasteiger partial charge in [0.2, 0.25) is 0 Å². The lowest BCUT2D eigenvalue weighted by molar-refractivity contribution is -0.0498. The summed E-state index contributed by atoms with van der Waals surface area (Å²) < 4.78 is 34.8. The second-order valence-electron chi connectivity index (χ2n) is 6.93. The average molecular weight is 448 g/mol. The molecular formula is C22H23F2N3O3S. The number of hydrogen-bond donors (Lipinski definition) is 1. The number of likely N-dealkylation sites (N-methyl/N-ethyl adjacent to an activating group) is 1. The molecule has 1 amide bonds. The third-order valence-corrected chi connectivity index (χ3v) is 5.18. The Hall–Kier alpha value is -3.04.